The summed E-state index contributed by atoms with van der Waals surface area (Å²) >= 11 is 6.17. The molecule has 10 heteroatoms. The van der Waals surface area contributed by atoms with Crippen molar-refractivity contribution >= 4 is 39.1 Å². The van der Waals surface area contributed by atoms with Crippen LogP contribution in [0.25, 0.3) is 0 Å². The van der Waals surface area contributed by atoms with Crippen LogP contribution >= 0.6 is 11.6 Å². The minimum Gasteiger partial charge on any atom is -0.497 e. The zero-order valence-electron chi connectivity index (χ0n) is 22.7. The summed E-state index contributed by atoms with van der Waals surface area (Å²) in [5, 5.41) is 3.31. The molecule has 1 unspecified atom stereocenters. The van der Waals surface area contributed by atoms with Crippen molar-refractivity contribution in [3.63, 3.8) is 0 Å². The van der Waals surface area contributed by atoms with E-state index in [1.54, 1.807) is 67.6 Å². The molecule has 3 aromatic carbocycles. The van der Waals surface area contributed by atoms with Crippen molar-refractivity contribution in [2.24, 2.45) is 0 Å². The van der Waals surface area contributed by atoms with Gasteiger partial charge in [-0.1, -0.05) is 47.5 Å². The fraction of sp³-hybridized carbons (Fsp3) is 0.310. The van der Waals surface area contributed by atoms with Gasteiger partial charge in [-0.25, -0.2) is 8.42 Å². The number of methoxy groups -OCH3 is 1. The molecule has 0 aliphatic rings. The third-order valence-corrected chi connectivity index (χ3v) is 8.09. The molecular formula is C29H34ClN3O5S. The van der Waals surface area contributed by atoms with E-state index in [-0.39, 0.29) is 29.1 Å². The molecule has 1 N–H and O–H groups in total. The summed E-state index contributed by atoms with van der Waals surface area (Å²) in [4.78, 5) is 28.3. The van der Waals surface area contributed by atoms with Crippen LogP contribution in [0.2, 0.25) is 5.02 Å². The molecule has 0 radical (unpaired) electrons. The number of nitrogens with one attached hydrogen (secondary N) is 1. The van der Waals surface area contributed by atoms with Gasteiger partial charge in [0.2, 0.25) is 11.8 Å². The number of ether oxygens (including phenoxy) is 1. The van der Waals surface area contributed by atoms with Gasteiger partial charge in [-0.2, -0.15) is 0 Å². The van der Waals surface area contributed by atoms with Gasteiger partial charge in [-0.3, -0.25) is 13.9 Å². The maximum Gasteiger partial charge on any atom is 0.264 e. The first-order chi connectivity index (χ1) is 18.4. The van der Waals surface area contributed by atoms with Crippen LogP contribution in [0.5, 0.6) is 5.75 Å². The highest BCUT2D eigenvalue weighted by Gasteiger charge is 2.32. The molecule has 3 aromatic rings. The van der Waals surface area contributed by atoms with E-state index in [1.807, 2.05) is 20.8 Å². The fourth-order valence-corrected chi connectivity index (χ4v) is 5.57. The van der Waals surface area contributed by atoms with Crippen molar-refractivity contribution < 1.29 is 22.7 Å². The molecule has 3 rings (SSSR count). The van der Waals surface area contributed by atoms with E-state index in [4.69, 9.17) is 16.3 Å². The Morgan fingerprint density at radius 2 is 1.64 bits per heavy atom. The minimum absolute atomic E-state index is 0.0377. The molecule has 0 aromatic heterocycles. The van der Waals surface area contributed by atoms with Gasteiger partial charge in [-0.05, 0) is 69.7 Å². The summed E-state index contributed by atoms with van der Waals surface area (Å²) in [6.07, 6.45) is 0. The van der Waals surface area contributed by atoms with Gasteiger partial charge >= 0.3 is 0 Å². The first kappa shape index (κ1) is 30.0. The Morgan fingerprint density at radius 3 is 2.26 bits per heavy atom. The van der Waals surface area contributed by atoms with Crippen LogP contribution in [-0.2, 0) is 26.2 Å². The predicted molar refractivity (Wildman–Crippen MR) is 153 cm³/mol. The summed E-state index contributed by atoms with van der Waals surface area (Å²) in [5.41, 5.74) is 1.86. The van der Waals surface area contributed by atoms with Crippen molar-refractivity contribution in [3.05, 3.63) is 88.9 Å². The maximum atomic E-state index is 13.9. The normalized spacial score (nSPS) is 12.1. The molecule has 0 heterocycles. The van der Waals surface area contributed by atoms with Crippen LogP contribution < -0.4 is 14.4 Å². The van der Waals surface area contributed by atoms with Crippen LogP contribution in [0.15, 0.2) is 77.7 Å². The third-order valence-electron chi connectivity index (χ3n) is 6.07. The smallest absolute Gasteiger partial charge is 0.264 e. The molecular weight excluding hydrogens is 538 g/mol. The van der Waals surface area contributed by atoms with Gasteiger partial charge in [0.1, 0.15) is 18.3 Å². The molecule has 208 valence electrons. The van der Waals surface area contributed by atoms with E-state index < -0.39 is 28.5 Å². The molecule has 8 nitrogen and oxygen atoms in total. The Hall–Kier alpha value is -3.56. The number of sulfonamides is 1. The Labute approximate surface area is 235 Å². The Morgan fingerprint density at radius 1 is 0.974 bits per heavy atom. The number of carbonyl (C=O) groups excluding carboxylic acids is 2. The molecule has 0 fully saturated rings. The van der Waals surface area contributed by atoms with Gasteiger partial charge < -0.3 is 15.0 Å². The summed E-state index contributed by atoms with van der Waals surface area (Å²) in [6.45, 7) is 6.65. The van der Waals surface area contributed by atoms with Crippen molar-refractivity contribution in [2.75, 3.05) is 18.0 Å². The third kappa shape index (κ3) is 7.74. The van der Waals surface area contributed by atoms with Gasteiger partial charge in [0.15, 0.2) is 0 Å². The van der Waals surface area contributed by atoms with Crippen LogP contribution in [0.3, 0.4) is 0 Å². The second-order valence-electron chi connectivity index (χ2n) is 9.52. The van der Waals surface area contributed by atoms with Crippen LogP contribution in [0.1, 0.15) is 31.9 Å². The molecule has 0 saturated heterocycles. The first-order valence-electron chi connectivity index (χ1n) is 12.5. The monoisotopic (exact) mass is 571 g/mol. The topological polar surface area (TPSA) is 96.0 Å². The van der Waals surface area contributed by atoms with Crippen molar-refractivity contribution in [1.29, 1.82) is 0 Å². The maximum absolute atomic E-state index is 13.9. The molecule has 0 bridgehead atoms. The Bertz CT molecular complexity index is 1410. The zero-order chi connectivity index (χ0) is 28.7. The van der Waals surface area contributed by atoms with Crippen molar-refractivity contribution in [2.45, 2.75) is 51.2 Å². The lowest BCUT2D eigenvalue weighted by atomic mass is 10.1. The Balaban J connectivity index is 2.05. The number of benzene rings is 3. The van der Waals surface area contributed by atoms with Gasteiger partial charge in [0.05, 0.1) is 17.7 Å². The fourth-order valence-electron chi connectivity index (χ4n) is 3.95. The van der Waals surface area contributed by atoms with Crippen molar-refractivity contribution in [3.8, 4) is 5.75 Å². The SMILES string of the molecule is COc1cccc(N(CC(=O)N(Cc2cccc(Cl)c2)C(C)C(=O)NC(C)C)S(=O)(=O)c2ccc(C)cc2)c1. The number of hydrogen-bond donors (Lipinski definition) is 1. The predicted octanol–water partition coefficient (Wildman–Crippen LogP) is 4.79. The van der Waals surface area contributed by atoms with E-state index in [9.17, 15) is 18.0 Å². The Kier molecular flexibility index (Phi) is 9.99. The lowest BCUT2D eigenvalue weighted by molar-refractivity contribution is -0.139. The minimum atomic E-state index is -4.16. The lowest BCUT2D eigenvalue weighted by Gasteiger charge is -2.32. The van der Waals surface area contributed by atoms with Crippen LogP contribution in [0.4, 0.5) is 5.69 Å². The molecule has 39 heavy (non-hydrogen) atoms. The molecule has 0 aliphatic heterocycles. The van der Waals surface area contributed by atoms with E-state index in [1.165, 1.54) is 24.1 Å². The molecule has 0 aliphatic carbocycles. The number of anilines is 1. The average molecular weight is 572 g/mol. The number of aryl methyl sites for hydroxylation is 1. The second kappa shape index (κ2) is 13.0. The van der Waals surface area contributed by atoms with Crippen molar-refractivity contribution in [1.82, 2.24) is 10.2 Å². The molecule has 0 spiro atoms. The van der Waals surface area contributed by atoms with E-state index in [0.29, 0.717) is 16.3 Å². The highest BCUT2D eigenvalue weighted by atomic mass is 35.5. The second-order valence-corrected chi connectivity index (χ2v) is 11.8. The summed E-state index contributed by atoms with van der Waals surface area (Å²) < 4.78 is 34.1. The number of halogens is 1. The highest BCUT2D eigenvalue weighted by molar-refractivity contribution is 7.92. The molecule has 0 saturated carbocycles. The van der Waals surface area contributed by atoms with E-state index >= 15 is 0 Å². The quantitative estimate of drug-likeness (QED) is 0.357. The van der Waals surface area contributed by atoms with Gasteiger partial charge in [0, 0.05) is 23.7 Å². The van der Waals surface area contributed by atoms with Gasteiger partial charge in [0.25, 0.3) is 10.0 Å². The highest BCUT2D eigenvalue weighted by Crippen LogP contribution is 2.28. The van der Waals surface area contributed by atoms with Crippen LogP contribution in [0, 0.1) is 6.92 Å². The summed E-state index contributed by atoms with van der Waals surface area (Å²) in [6, 6.07) is 18.8. The number of nitrogens with zero attached hydrogens (tertiary/aromatic N) is 2. The molecule has 2 amide bonds. The summed E-state index contributed by atoms with van der Waals surface area (Å²) in [5.74, 6) is -0.473. The van der Waals surface area contributed by atoms with Crippen LogP contribution in [-0.4, -0.2) is 50.9 Å². The van der Waals surface area contributed by atoms with Gasteiger partial charge in [-0.15, -0.1) is 0 Å². The summed E-state index contributed by atoms with van der Waals surface area (Å²) in [7, 11) is -2.68. The standard InChI is InChI=1S/C29H34ClN3O5S/c1-20(2)31-29(35)22(4)32(18-23-8-6-9-24(30)16-23)28(34)19-33(25-10-7-11-26(17-25)38-5)39(36,37)27-14-12-21(3)13-15-27/h6-17,20,22H,18-19H2,1-5H3,(H,31,35). The average Bonchev–Trinajstić information content (AvgIpc) is 2.89. The number of carbonyl (C=O) groups is 2. The largest absolute Gasteiger partial charge is 0.497 e. The number of amides is 2. The number of rotatable bonds is 11. The lowest BCUT2D eigenvalue weighted by Crippen LogP contribution is -2.52. The van der Waals surface area contributed by atoms with E-state index in [2.05, 4.69) is 5.32 Å². The number of hydrogen-bond acceptors (Lipinski definition) is 5. The van der Waals surface area contributed by atoms with E-state index in [0.717, 1.165) is 9.87 Å². The molecule has 1 atom stereocenters. The zero-order valence-corrected chi connectivity index (χ0v) is 24.3. The first-order valence-corrected chi connectivity index (χ1v) is 14.3.